The number of nitrogens with zero attached hydrogens (tertiary/aromatic N) is 3. The Morgan fingerprint density at radius 3 is 2.52 bits per heavy atom. The first-order chi connectivity index (χ1) is 14.1. The van der Waals surface area contributed by atoms with Crippen LogP contribution in [0.3, 0.4) is 0 Å². The third-order valence-corrected chi connectivity index (χ3v) is 4.15. The molecule has 0 aliphatic rings. The fourth-order valence-corrected chi connectivity index (χ4v) is 2.71. The monoisotopic (exact) mass is 384 g/mol. The molecular formula is C22H13FN4O2. The summed E-state index contributed by atoms with van der Waals surface area (Å²) in [5, 5.41) is 15.5. The van der Waals surface area contributed by atoms with E-state index in [0.29, 0.717) is 27.9 Å². The Labute approximate surface area is 165 Å². The van der Waals surface area contributed by atoms with Gasteiger partial charge in [0, 0.05) is 22.4 Å². The molecule has 0 unspecified atom stereocenters. The molecule has 0 saturated heterocycles. The number of amides is 1. The molecule has 29 heavy (non-hydrogen) atoms. The highest BCUT2D eigenvalue weighted by atomic mass is 19.1. The largest absolute Gasteiger partial charge is 0.334 e. The molecule has 3 aromatic carbocycles. The Hall–Kier alpha value is -4.31. The van der Waals surface area contributed by atoms with Crippen molar-refractivity contribution < 1.29 is 13.7 Å². The minimum absolute atomic E-state index is 0.220. The number of nitrogens with one attached hydrogen (secondary N) is 1. The van der Waals surface area contributed by atoms with E-state index < -0.39 is 5.82 Å². The van der Waals surface area contributed by atoms with Gasteiger partial charge in [0.2, 0.25) is 5.82 Å². The number of carbonyl (C=O) groups excluding carboxylic acids is 1. The summed E-state index contributed by atoms with van der Waals surface area (Å²) in [6.45, 7) is 0. The number of carbonyl (C=O) groups is 1. The Balaban J connectivity index is 1.55. The molecule has 0 bridgehead atoms. The topological polar surface area (TPSA) is 91.8 Å². The molecule has 0 radical (unpaired) electrons. The van der Waals surface area contributed by atoms with Crippen LogP contribution in [0, 0.1) is 17.1 Å². The first-order valence-electron chi connectivity index (χ1n) is 8.64. The zero-order valence-electron chi connectivity index (χ0n) is 15.0. The third-order valence-electron chi connectivity index (χ3n) is 4.15. The molecule has 0 saturated carbocycles. The zero-order valence-corrected chi connectivity index (χ0v) is 15.0. The van der Waals surface area contributed by atoms with Gasteiger partial charge in [-0.2, -0.15) is 10.2 Å². The fraction of sp³-hybridized carbons (Fsp3) is 0. The number of halogens is 1. The van der Waals surface area contributed by atoms with Crippen molar-refractivity contribution in [1.29, 1.82) is 5.26 Å². The number of rotatable bonds is 4. The minimum Gasteiger partial charge on any atom is -0.334 e. The first kappa shape index (κ1) is 18.1. The number of benzene rings is 3. The van der Waals surface area contributed by atoms with Crippen LogP contribution in [0.5, 0.6) is 0 Å². The smallest absolute Gasteiger partial charge is 0.258 e. The maximum absolute atomic E-state index is 13.4. The predicted octanol–water partition coefficient (Wildman–Crippen LogP) is 4.67. The zero-order chi connectivity index (χ0) is 20.2. The van der Waals surface area contributed by atoms with Gasteiger partial charge < -0.3 is 9.84 Å². The summed E-state index contributed by atoms with van der Waals surface area (Å²) >= 11 is 0. The van der Waals surface area contributed by atoms with E-state index in [9.17, 15) is 9.18 Å². The van der Waals surface area contributed by atoms with Gasteiger partial charge in [-0.15, -0.1) is 0 Å². The second-order valence-corrected chi connectivity index (χ2v) is 6.16. The Morgan fingerprint density at radius 1 is 1.00 bits per heavy atom. The van der Waals surface area contributed by atoms with Crippen molar-refractivity contribution in [2.24, 2.45) is 0 Å². The van der Waals surface area contributed by atoms with E-state index in [0.717, 1.165) is 0 Å². The summed E-state index contributed by atoms with van der Waals surface area (Å²) in [5.41, 5.74) is 2.54. The molecule has 0 atom stereocenters. The van der Waals surface area contributed by atoms with Gasteiger partial charge in [-0.05, 0) is 54.6 Å². The highest BCUT2D eigenvalue weighted by Crippen LogP contribution is 2.23. The molecule has 4 rings (SSSR count). The van der Waals surface area contributed by atoms with E-state index in [4.69, 9.17) is 9.78 Å². The predicted molar refractivity (Wildman–Crippen MR) is 104 cm³/mol. The van der Waals surface area contributed by atoms with Gasteiger partial charge >= 0.3 is 0 Å². The number of hydrogen-bond donors (Lipinski definition) is 1. The van der Waals surface area contributed by atoms with E-state index in [1.807, 2.05) is 6.07 Å². The molecule has 4 aromatic rings. The van der Waals surface area contributed by atoms with Gasteiger partial charge in [-0.25, -0.2) is 4.39 Å². The summed E-state index contributed by atoms with van der Waals surface area (Å²) in [7, 11) is 0. The summed E-state index contributed by atoms with van der Waals surface area (Å²) in [6, 6.07) is 21.2. The van der Waals surface area contributed by atoms with E-state index in [1.165, 1.54) is 12.1 Å². The maximum atomic E-state index is 13.4. The van der Waals surface area contributed by atoms with Gasteiger partial charge in [0.25, 0.3) is 11.8 Å². The Bertz CT molecular complexity index is 1230. The van der Waals surface area contributed by atoms with E-state index >= 15 is 0 Å². The summed E-state index contributed by atoms with van der Waals surface area (Å²) in [4.78, 5) is 16.8. The molecule has 1 N–H and O–H groups in total. The first-order valence-corrected chi connectivity index (χ1v) is 8.64. The molecule has 1 amide bonds. The van der Waals surface area contributed by atoms with Crippen LogP contribution < -0.4 is 5.32 Å². The number of aromatic nitrogens is 2. The molecule has 1 heterocycles. The van der Waals surface area contributed by atoms with Crippen molar-refractivity contribution in [3.63, 3.8) is 0 Å². The molecule has 0 aliphatic carbocycles. The van der Waals surface area contributed by atoms with Gasteiger partial charge in [-0.3, -0.25) is 4.79 Å². The fourth-order valence-electron chi connectivity index (χ4n) is 2.71. The van der Waals surface area contributed by atoms with Gasteiger partial charge in [0.05, 0.1) is 11.6 Å². The van der Waals surface area contributed by atoms with Crippen LogP contribution in [-0.2, 0) is 0 Å². The minimum atomic E-state index is -0.393. The molecule has 0 fully saturated rings. The van der Waals surface area contributed by atoms with Gasteiger partial charge in [-0.1, -0.05) is 23.4 Å². The average molecular weight is 384 g/mol. The van der Waals surface area contributed by atoms with Crippen molar-refractivity contribution in [2.45, 2.75) is 0 Å². The number of nitriles is 1. The number of anilines is 1. The van der Waals surface area contributed by atoms with Crippen LogP contribution in [0.1, 0.15) is 15.9 Å². The molecule has 0 spiro atoms. The Morgan fingerprint density at radius 2 is 1.76 bits per heavy atom. The molecule has 140 valence electrons. The van der Waals surface area contributed by atoms with Crippen LogP contribution in [0.15, 0.2) is 77.3 Å². The lowest BCUT2D eigenvalue weighted by molar-refractivity contribution is 0.102. The Kier molecular flexibility index (Phi) is 4.82. The highest BCUT2D eigenvalue weighted by Gasteiger charge is 2.14. The average Bonchev–Trinajstić information content (AvgIpc) is 3.25. The second-order valence-electron chi connectivity index (χ2n) is 6.16. The maximum Gasteiger partial charge on any atom is 0.258 e. The highest BCUT2D eigenvalue weighted by molar-refractivity contribution is 6.04. The lowest BCUT2D eigenvalue weighted by Crippen LogP contribution is -2.11. The van der Waals surface area contributed by atoms with Gasteiger partial charge in [0.15, 0.2) is 0 Å². The quantitative estimate of drug-likeness (QED) is 0.552. The van der Waals surface area contributed by atoms with Crippen LogP contribution in [0.25, 0.3) is 22.8 Å². The lowest BCUT2D eigenvalue weighted by Gasteiger charge is -2.06. The second kappa shape index (κ2) is 7.74. The molecule has 6 nitrogen and oxygen atoms in total. The molecule has 7 heteroatoms. The third kappa shape index (κ3) is 4.01. The van der Waals surface area contributed by atoms with Crippen LogP contribution in [0.2, 0.25) is 0 Å². The standard InChI is InChI=1S/C22H13FN4O2/c23-18-6-2-3-15(12-18)20-26-22(29-27-20)17-5-1-4-16(11-17)21(28)25-19-9-7-14(13-24)8-10-19/h1-12H,(H,25,28). The van der Waals surface area contributed by atoms with Crippen molar-refractivity contribution in [1.82, 2.24) is 10.1 Å². The van der Waals surface area contributed by atoms with E-state index in [-0.39, 0.29) is 17.6 Å². The van der Waals surface area contributed by atoms with Crippen molar-refractivity contribution in [2.75, 3.05) is 5.32 Å². The normalized spacial score (nSPS) is 10.3. The van der Waals surface area contributed by atoms with E-state index in [1.54, 1.807) is 60.7 Å². The van der Waals surface area contributed by atoms with Crippen molar-refractivity contribution >= 4 is 11.6 Å². The van der Waals surface area contributed by atoms with E-state index in [2.05, 4.69) is 15.5 Å². The van der Waals surface area contributed by atoms with Crippen molar-refractivity contribution in [3.05, 3.63) is 89.7 Å². The number of hydrogen-bond acceptors (Lipinski definition) is 5. The molecule has 1 aromatic heterocycles. The van der Waals surface area contributed by atoms with Crippen LogP contribution in [-0.4, -0.2) is 16.0 Å². The summed E-state index contributed by atoms with van der Waals surface area (Å²) in [5.74, 6) is -0.235. The van der Waals surface area contributed by atoms with Crippen molar-refractivity contribution in [3.8, 4) is 28.9 Å². The summed E-state index contributed by atoms with van der Waals surface area (Å²) < 4.78 is 18.7. The summed E-state index contributed by atoms with van der Waals surface area (Å²) in [6.07, 6.45) is 0. The molecule has 0 aliphatic heterocycles. The van der Waals surface area contributed by atoms with Crippen LogP contribution >= 0.6 is 0 Å². The molecular weight excluding hydrogens is 371 g/mol. The lowest BCUT2D eigenvalue weighted by atomic mass is 10.1. The SMILES string of the molecule is N#Cc1ccc(NC(=O)c2cccc(-c3nc(-c4cccc(F)c4)no3)c2)cc1. The van der Waals surface area contributed by atoms with Gasteiger partial charge in [0.1, 0.15) is 5.82 Å². The van der Waals surface area contributed by atoms with Crippen LogP contribution in [0.4, 0.5) is 10.1 Å².